The highest BCUT2D eigenvalue weighted by Gasteiger charge is 2.17. The van der Waals surface area contributed by atoms with E-state index in [1.807, 2.05) is 0 Å². The van der Waals surface area contributed by atoms with Gasteiger partial charge >= 0.3 is 7.60 Å². The molecule has 1 rings (SSSR count). The molecule has 7 nitrogen and oxygen atoms in total. The number of hydrogen-bond donors (Lipinski definition) is 3. The van der Waals surface area contributed by atoms with Crippen molar-refractivity contribution in [2.45, 2.75) is 6.42 Å². The van der Waals surface area contributed by atoms with Crippen molar-refractivity contribution < 1.29 is 19.1 Å². The van der Waals surface area contributed by atoms with Gasteiger partial charge in [0.1, 0.15) is 6.33 Å². The monoisotopic (exact) mass is 205 g/mol. The molecular weight excluding hydrogens is 197 g/mol. The van der Waals surface area contributed by atoms with Crippen molar-refractivity contribution in [2.75, 3.05) is 6.16 Å². The van der Waals surface area contributed by atoms with Gasteiger partial charge in [-0.3, -0.25) is 14.5 Å². The second-order valence-electron chi connectivity index (χ2n) is 2.38. The van der Waals surface area contributed by atoms with Gasteiger partial charge in [-0.25, -0.2) is 4.98 Å². The predicted molar refractivity (Wildman–Crippen MR) is 42.2 cm³/mol. The molecule has 0 spiro atoms. The fourth-order valence-electron chi connectivity index (χ4n) is 0.702. The fraction of sp³-hybridized carbons (Fsp3) is 0.400. The van der Waals surface area contributed by atoms with E-state index < -0.39 is 19.5 Å². The summed E-state index contributed by atoms with van der Waals surface area (Å²) in [7, 11) is -4.11. The molecule has 8 heteroatoms. The molecule has 1 heterocycles. The Morgan fingerprint density at radius 1 is 1.62 bits per heavy atom. The summed E-state index contributed by atoms with van der Waals surface area (Å²) in [6.45, 7) is 0. The average molecular weight is 205 g/mol. The number of aromatic amines is 1. The number of Topliss-reactive ketones (excluding diaryl/α,β-unsaturated/α-hetero) is 1. The van der Waals surface area contributed by atoms with Gasteiger partial charge in [-0.05, 0) is 0 Å². The molecule has 0 aromatic carbocycles. The van der Waals surface area contributed by atoms with E-state index in [1.165, 1.54) is 6.33 Å². The molecule has 0 aliphatic heterocycles. The highest BCUT2D eigenvalue weighted by atomic mass is 31.2. The molecule has 72 valence electrons. The third-order valence-corrected chi connectivity index (χ3v) is 2.10. The molecule has 0 aliphatic rings. The van der Waals surface area contributed by atoms with E-state index in [0.717, 1.165) is 0 Å². The molecule has 0 saturated carbocycles. The SMILES string of the molecule is O=C(CCP(=O)(O)O)c1nc[nH]n1. The van der Waals surface area contributed by atoms with Crippen molar-refractivity contribution >= 4 is 13.4 Å². The van der Waals surface area contributed by atoms with Crippen molar-refractivity contribution in [3.63, 3.8) is 0 Å². The van der Waals surface area contributed by atoms with Gasteiger partial charge in [-0.2, -0.15) is 5.10 Å². The lowest BCUT2D eigenvalue weighted by molar-refractivity contribution is 0.0977. The smallest absolute Gasteiger partial charge is 0.324 e. The van der Waals surface area contributed by atoms with E-state index in [1.54, 1.807) is 0 Å². The number of carbonyl (C=O) groups is 1. The number of aromatic nitrogens is 3. The minimum atomic E-state index is -4.11. The van der Waals surface area contributed by atoms with Crippen LogP contribution in [0.2, 0.25) is 0 Å². The van der Waals surface area contributed by atoms with Gasteiger partial charge in [0, 0.05) is 6.42 Å². The van der Waals surface area contributed by atoms with Crippen LogP contribution in [0, 0.1) is 0 Å². The lowest BCUT2D eigenvalue weighted by atomic mass is 10.3. The van der Waals surface area contributed by atoms with Crippen LogP contribution in [0.5, 0.6) is 0 Å². The number of H-pyrrole nitrogens is 1. The van der Waals surface area contributed by atoms with Crippen molar-refractivity contribution in [3.8, 4) is 0 Å². The summed E-state index contributed by atoms with van der Waals surface area (Å²) in [6.07, 6.45) is 0.507. The number of rotatable bonds is 4. The summed E-state index contributed by atoms with van der Waals surface area (Å²) in [4.78, 5) is 31.6. The number of ketones is 1. The molecule has 3 N–H and O–H groups in total. The first-order valence-electron chi connectivity index (χ1n) is 3.42. The summed E-state index contributed by atoms with van der Waals surface area (Å²) in [6, 6.07) is 0. The minimum Gasteiger partial charge on any atom is -0.324 e. The van der Waals surface area contributed by atoms with Crippen LogP contribution in [0.1, 0.15) is 17.0 Å². The third-order valence-electron chi connectivity index (χ3n) is 1.29. The van der Waals surface area contributed by atoms with E-state index in [2.05, 4.69) is 15.2 Å². The van der Waals surface area contributed by atoms with Gasteiger partial charge in [0.05, 0.1) is 6.16 Å². The Kier molecular flexibility index (Phi) is 2.92. The van der Waals surface area contributed by atoms with Gasteiger partial charge in [0.15, 0.2) is 0 Å². The molecule has 0 atom stereocenters. The summed E-state index contributed by atoms with van der Waals surface area (Å²) in [5.41, 5.74) is 0. The van der Waals surface area contributed by atoms with Gasteiger partial charge < -0.3 is 9.79 Å². The van der Waals surface area contributed by atoms with Gasteiger partial charge in [0.25, 0.3) is 0 Å². The zero-order valence-corrected chi connectivity index (χ0v) is 7.44. The summed E-state index contributed by atoms with van der Waals surface area (Å²) < 4.78 is 10.4. The first-order chi connectivity index (χ1) is 5.99. The molecule has 0 aliphatic carbocycles. The second-order valence-corrected chi connectivity index (χ2v) is 4.16. The normalized spacial score (nSPS) is 11.5. The highest BCUT2D eigenvalue weighted by Crippen LogP contribution is 2.35. The molecule has 0 bridgehead atoms. The number of carbonyl (C=O) groups excluding carboxylic acids is 1. The minimum absolute atomic E-state index is 0.0477. The van der Waals surface area contributed by atoms with Gasteiger partial charge in [-0.15, -0.1) is 0 Å². The summed E-state index contributed by atoms with van der Waals surface area (Å²) >= 11 is 0. The number of nitrogens with one attached hydrogen (secondary N) is 1. The largest absolute Gasteiger partial charge is 0.326 e. The van der Waals surface area contributed by atoms with Crippen LogP contribution in [0.25, 0.3) is 0 Å². The van der Waals surface area contributed by atoms with E-state index in [4.69, 9.17) is 9.79 Å². The van der Waals surface area contributed by atoms with E-state index in [-0.39, 0.29) is 12.2 Å². The third kappa shape index (κ3) is 3.45. The van der Waals surface area contributed by atoms with Crippen molar-refractivity contribution in [1.82, 2.24) is 15.2 Å². The fourth-order valence-corrected chi connectivity index (χ4v) is 1.20. The Morgan fingerprint density at radius 2 is 2.31 bits per heavy atom. The standard InChI is InChI=1S/C5H8N3O4P/c9-4(1-2-13(10,11)12)5-6-3-7-8-5/h3H,1-2H2,(H,6,7,8)(H2,10,11,12). The lowest BCUT2D eigenvalue weighted by Crippen LogP contribution is -2.04. The van der Waals surface area contributed by atoms with Crippen LogP contribution in [-0.4, -0.2) is 36.9 Å². The van der Waals surface area contributed by atoms with Crippen LogP contribution < -0.4 is 0 Å². The van der Waals surface area contributed by atoms with E-state index in [0.29, 0.717) is 0 Å². The number of hydrogen-bond acceptors (Lipinski definition) is 4. The van der Waals surface area contributed by atoms with Gasteiger partial charge in [0.2, 0.25) is 11.6 Å². The Hall–Kier alpha value is -1.04. The molecule has 1 aromatic rings. The average Bonchev–Trinajstić information content (AvgIpc) is 2.50. The Labute approximate surface area is 73.4 Å². The second kappa shape index (κ2) is 3.78. The molecule has 0 fully saturated rings. The van der Waals surface area contributed by atoms with Crippen LogP contribution in [-0.2, 0) is 4.57 Å². The van der Waals surface area contributed by atoms with Crippen molar-refractivity contribution in [2.24, 2.45) is 0 Å². The maximum absolute atomic E-state index is 11.1. The topological polar surface area (TPSA) is 116 Å². The molecule has 1 aromatic heterocycles. The van der Waals surface area contributed by atoms with E-state index >= 15 is 0 Å². The Balaban J connectivity index is 2.49. The zero-order chi connectivity index (χ0) is 9.90. The molecule has 0 saturated heterocycles. The first-order valence-corrected chi connectivity index (χ1v) is 5.22. The van der Waals surface area contributed by atoms with Crippen LogP contribution in [0.4, 0.5) is 0 Å². The molecule has 13 heavy (non-hydrogen) atoms. The lowest BCUT2D eigenvalue weighted by Gasteiger charge is -1.99. The maximum Gasteiger partial charge on any atom is 0.326 e. The molecule has 0 radical (unpaired) electrons. The predicted octanol–water partition coefficient (Wildman–Crippen LogP) is -0.445. The zero-order valence-electron chi connectivity index (χ0n) is 6.54. The van der Waals surface area contributed by atoms with Gasteiger partial charge in [-0.1, -0.05) is 0 Å². The summed E-state index contributed by atoms with van der Waals surface area (Å²) in [5.74, 6) is -0.530. The highest BCUT2D eigenvalue weighted by molar-refractivity contribution is 7.51. The van der Waals surface area contributed by atoms with Crippen molar-refractivity contribution in [3.05, 3.63) is 12.2 Å². The van der Waals surface area contributed by atoms with Crippen LogP contribution >= 0.6 is 7.60 Å². The Morgan fingerprint density at radius 3 is 2.77 bits per heavy atom. The Bertz CT molecular complexity index is 330. The quantitative estimate of drug-likeness (QED) is 0.453. The first kappa shape index (κ1) is 10.0. The molecule has 0 amide bonds. The maximum atomic E-state index is 11.1. The van der Waals surface area contributed by atoms with Crippen LogP contribution in [0.15, 0.2) is 6.33 Å². The molecule has 0 unspecified atom stereocenters. The van der Waals surface area contributed by atoms with Crippen LogP contribution in [0.3, 0.4) is 0 Å². The van der Waals surface area contributed by atoms with E-state index in [9.17, 15) is 9.36 Å². The number of nitrogens with zero attached hydrogens (tertiary/aromatic N) is 2. The van der Waals surface area contributed by atoms with Crippen molar-refractivity contribution in [1.29, 1.82) is 0 Å². The molecular formula is C5H8N3O4P. The summed E-state index contributed by atoms with van der Waals surface area (Å²) in [5, 5.41) is 5.81.